The molecule has 0 saturated heterocycles. The first kappa shape index (κ1) is 27.8. The number of halogens is 4. The first-order valence-corrected chi connectivity index (χ1v) is 15.3. The van der Waals surface area contributed by atoms with Crippen LogP contribution in [0, 0.1) is 0 Å². The first-order chi connectivity index (χ1) is 15.1. The fraction of sp³-hybridized carbons (Fsp3) is 0.522. The Kier molecular flexibility index (Phi) is 8.81. The normalized spacial score (nSPS) is 18.2. The number of benzene rings is 1. The lowest BCUT2D eigenvalue weighted by atomic mass is 10.0. The van der Waals surface area contributed by atoms with E-state index in [0.29, 0.717) is 28.0 Å². The van der Waals surface area contributed by atoms with Crippen molar-refractivity contribution < 1.29 is 27.1 Å². The Bertz CT molecular complexity index is 959. The van der Waals surface area contributed by atoms with Crippen molar-refractivity contribution in [1.29, 1.82) is 0 Å². The molecule has 0 bridgehead atoms. The second-order valence-electron chi connectivity index (χ2n) is 8.96. The second-order valence-corrected chi connectivity index (χ2v) is 14.9. The van der Waals surface area contributed by atoms with Gasteiger partial charge >= 0.3 is 6.18 Å². The van der Waals surface area contributed by atoms with Crippen LogP contribution in [0.3, 0.4) is 0 Å². The summed E-state index contributed by atoms with van der Waals surface area (Å²) in [6.45, 7) is 10.4. The maximum Gasteiger partial charge on any atom is 0.420 e. The highest BCUT2D eigenvalue weighted by Gasteiger charge is 2.59. The monoisotopic (exact) mass is 521 g/mol. The van der Waals surface area contributed by atoms with Gasteiger partial charge in [0.15, 0.2) is 19.7 Å². The number of allylic oxidation sites excluding steroid dienone is 2. The molecule has 0 spiro atoms. The van der Waals surface area contributed by atoms with Crippen molar-refractivity contribution in [3.8, 4) is 5.75 Å². The van der Waals surface area contributed by atoms with Gasteiger partial charge in [-0.05, 0) is 58.1 Å². The summed E-state index contributed by atoms with van der Waals surface area (Å²) >= 11 is 7.00. The first-order valence-electron chi connectivity index (χ1n) is 10.7. The summed E-state index contributed by atoms with van der Waals surface area (Å²) in [4.78, 5) is 15.0. The van der Waals surface area contributed by atoms with Crippen molar-refractivity contribution in [1.82, 2.24) is 4.90 Å². The predicted octanol–water partition coefficient (Wildman–Crippen LogP) is 7.63. The zero-order valence-electron chi connectivity index (χ0n) is 20.0. The van der Waals surface area contributed by atoms with E-state index in [-0.39, 0.29) is 10.5 Å². The average Bonchev–Trinajstić information content (AvgIpc) is 2.99. The molecule has 0 saturated carbocycles. The number of hydrogen-bond acceptors (Lipinski definition) is 5. The minimum atomic E-state index is -4.62. The molecule has 184 valence electrons. The molecule has 1 aromatic rings. The Morgan fingerprint density at radius 1 is 1.27 bits per heavy atom. The Morgan fingerprint density at radius 2 is 1.91 bits per heavy atom. The number of unbranched alkanes of at least 4 members (excludes halogenated alkanes) is 1. The van der Waals surface area contributed by atoms with E-state index in [2.05, 4.69) is 0 Å². The van der Waals surface area contributed by atoms with Crippen LogP contribution in [0.1, 0.15) is 44.0 Å². The van der Waals surface area contributed by atoms with Crippen molar-refractivity contribution in [3.63, 3.8) is 0 Å². The standard InChI is InChI=1S/C23H31ClF3NO3SSi/c1-8-9-12-28-15(2)21(22(3,23(25,26)27)31-33(5,6)7)32-20(28)14-18(29)17-13-16(24)10-11-19(17)30-4/h10-11,13-14H,8-9,12H2,1-7H3/b20-14-. The molecule has 1 unspecified atom stereocenters. The molecule has 1 aliphatic rings. The molecule has 0 fully saturated rings. The van der Waals surface area contributed by atoms with E-state index in [1.807, 2.05) is 6.92 Å². The van der Waals surface area contributed by atoms with Crippen LogP contribution in [0.25, 0.3) is 0 Å². The van der Waals surface area contributed by atoms with Gasteiger partial charge in [0.25, 0.3) is 0 Å². The molecule has 2 rings (SSSR count). The summed E-state index contributed by atoms with van der Waals surface area (Å²) < 4.78 is 54.1. The number of alkyl halides is 3. The van der Waals surface area contributed by atoms with Gasteiger partial charge in [-0.15, -0.1) is 0 Å². The third-order valence-electron chi connectivity index (χ3n) is 5.11. The van der Waals surface area contributed by atoms with E-state index in [9.17, 15) is 18.0 Å². The molecule has 4 nitrogen and oxygen atoms in total. The van der Waals surface area contributed by atoms with Gasteiger partial charge in [-0.1, -0.05) is 36.7 Å². The summed E-state index contributed by atoms with van der Waals surface area (Å²) in [5.41, 5.74) is -1.77. The third-order valence-corrected chi connectivity index (χ3v) is 7.80. The molecule has 33 heavy (non-hydrogen) atoms. The van der Waals surface area contributed by atoms with Crippen LogP contribution in [-0.2, 0) is 4.43 Å². The van der Waals surface area contributed by atoms with Crippen molar-refractivity contribution >= 4 is 37.5 Å². The van der Waals surface area contributed by atoms with Crippen LogP contribution in [0.4, 0.5) is 13.2 Å². The highest BCUT2D eigenvalue weighted by molar-refractivity contribution is 8.07. The van der Waals surface area contributed by atoms with Crippen LogP contribution < -0.4 is 4.74 Å². The molecule has 1 atom stereocenters. The molecule has 0 amide bonds. The van der Waals surface area contributed by atoms with E-state index in [1.54, 1.807) is 43.6 Å². The van der Waals surface area contributed by atoms with E-state index >= 15 is 0 Å². The van der Waals surface area contributed by atoms with Crippen molar-refractivity contribution in [2.24, 2.45) is 0 Å². The van der Waals surface area contributed by atoms with Gasteiger partial charge in [-0.25, -0.2) is 0 Å². The molecule has 1 aromatic carbocycles. The highest BCUT2D eigenvalue weighted by Crippen LogP contribution is 2.53. The maximum absolute atomic E-state index is 14.4. The van der Waals surface area contributed by atoms with Crippen LogP contribution in [0.2, 0.25) is 24.7 Å². The molecule has 0 aliphatic carbocycles. The highest BCUT2D eigenvalue weighted by atomic mass is 35.5. The SMILES string of the molecule is CCCCN1C(C)=C(C(C)(O[Si](C)(C)C)C(F)(F)F)S/C1=C\C(=O)c1cc(Cl)ccc1OC. The lowest BCUT2D eigenvalue weighted by Crippen LogP contribution is -2.51. The number of nitrogens with zero attached hydrogens (tertiary/aromatic N) is 1. The molecule has 0 aromatic heterocycles. The number of carbonyl (C=O) groups is 1. The molecular formula is C23H31ClF3NO3SSi. The lowest BCUT2D eigenvalue weighted by molar-refractivity contribution is -0.227. The molecule has 1 heterocycles. The van der Waals surface area contributed by atoms with E-state index in [4.69, 9.17) is 20.8 Å². The smallest absolute Gasteiger partial charge is 0.420 e. The molecule has 1 aliphatic heterocycles. The number of methoxy groups -OCH3 is 1. The van der Waals surface area contributed by atoms with Gasteiger partial charge in [-0.2, -0.15) is 13.2 Å². The molecule has 10 heteroatoms. The van der Waals surface area contributed by atoms with E-state index in [0.717, 1.165) is 31.5 Å². The summed E-state index contributed by atoms with van der Waals surface area (Å²) in [7, 11) is -1.13. The number of hydrogen-bond donors (Lipinski definition) is 0. The molecule has 0 N–H and O–H groups in total. The number of rotatable bonds is 9. The second kappa shape index (κ2) is 10.5. The summed E-state index contributed by atoms with van der Waals surface area (Å²) in [6, 6.07) is 4.68. The van der Waals surface area contributed by atoms with Gasteiger partial charge in [0, 0.05) is 23.3 Å². The Labute approximate surface area is 204 Å². The molecule has 0 radical (unpaired) electrons. The Morgan fingerprint density at radius 3 is 2.42 bits per heavy atom. The summed E-state index contributed by atoms with van der Waals surface area (Å²) in [6.07, 6.45) is -1.65. The molecular weight excluding hydrogens is 491 g/mol. The number of ketones is 1. The topological polar surface area (TPSA) is 38.8 Å². The minimum Gasteiger partial charge on any atom is -0.496 e. The average molecular weight is 522 g/mol. The maximum atomic E-state index is 14.4. The van der Waals surface area contributed by atoms with Crippen molar-refractivity contribution in [3.05, 3.63) is 50.5 Å². The number of ether oxygens (including phenoxy) is 1. The number of thioether (sulfide) groups is 1. The van der Waals surface area contributed by atoms with Crippen LogP contribution in [0.5, 0.6) is 5.75 Å². The zero-order valence-corrected chi connectivity index (χ0v) is 22.6. The Hall–Kier alpha value is -1.42. The minimum absolute atomic E-state index is 0.0608. The summed E-state index contributed by atoms with van der Waals surface area (Å²) in [5, 5.41) is 0.792. The van der Waals surface area contributed by atoms with Gasteiger partial charge in [-0.3, -0.25) is 4.79 Å². The van der Waals surface area contributed by atoms with Gasteiger partial charge in [0.2, 0.25) is 0 Å². The summed E-state index contributed by atoms with van der Waals surface area (Å²) in [5.74, 6) is -0.0521. The fourth-order valence-electron chi connectivity index (χ4n) is 3.57. The zero-order chi connectivity index (χ0) is 25.2. The van der Waals surface area contributed by atoms with E-state index in [1.165, 1.54) is 19.3 Å². The fourth-order valence-corrected chi connectivity index (χ4v) is 6.59. The van der Waals surface area contributed by atoms with Gasteiger partial charge in [0.05, 0.1) is 22.6 Å². The Balaban J connectivity index is 2.56. The third kappa shape index (κ3) is 6.38. The van der Waals surface area contributed by atoms with E-state index < -0.39 is 25.9 Å². The van der Waals surface area contributed by atoms with Crippen molar-refractivity contribution in [2.45, 2.75) is 65.0 Å². The van der Waals surface area contributed by atoms with Gasteiger partial charge < -0.3 is 14.1 Å². The lowest BCUT2D eigenvalue weighted by Gasteiger charge is -2.38. The van der Waals surface area contributed by atoms with Gasteiger partial charge in [0.1, 0.15) is 5.75 Å². The van der Waals surface area contributed by atoms with Crippen LogP contribution in [0.15, 0.2) is 39.9 Å². The van der Waals surface area contributed by atoms with Crippen LogP contribution in [-0.4, -0.2) is 44.4 Å². The number of carbonyl (C=O) groups excluding carboxylic acids is 1. The largest absolute Gasteiger partial charge is 0.496 e. The quantitative estimate of drug-likeness (QED) is 0.190. The predicted molar refractivity (Wildman–Crippen MR) is 131 cm³/mol. The van der Waals surface area contributed by atoms with Crippen LogP contribution >= 0.6 is 23.4 Å². The van der Waals surface area contributed by atoms with Crippen molar-refractivity contribution in [2.75, 3.05) is 13.7 Å².